The van der Waals surface area contributed by atoms with Crippen LogP contribution in [0.3, 0.4) is 0 Å². The van der Waals surface area contributed by atoms with Gasteiger partial charge >= 0.3 is 274 Å². The Kier molecular flexibility index (Phi) is 6.82. The van der Waals surface area contributed by atoms with Crippen molar-refractivity contribution in [3.05, 3.63) is 164 Å². The van der Waals surface area contributed by atoms with Crippen LogP contribution < -0.4 is 0 Å². The van der Waals surface area contributed by atoms with Crippen molar-refractivity contribution < 1.29 is 0 Å². The van der Waals surface area contributed by atoms with Gasteiger partial charge in [-0.2, -0.15) is 0 Å². The summed E-state index contributed by atoms with van der Waals surface area (Å²) < 4.78 is 2.73. The summed E-state index contributed by atoms with van der Waals surface area (Å²) in [6.45, 7) is 0. The second kappa shape index (κ2) is 11.6. The molecule has 0 fully saturated rings. The zero-order chi connectivity index (χ0) is 31.2. The second-order valence-electron chi connectivity index (χ2n) is 11.6. The van der Waals surface area contributed by atoms with Crippen molar-refractivity contribution in [2.24, 2.45) is 0 Å². The van der Waals surface area contributed by atoms with Crippen LogP contribution in [-0.4, -0.2) is 29.5 Å². The van der Waals surface area contributed by atoms with Gasteiger partial charge in [0.1, 0.15) is 0 Å². The van der Waals surface area contributed by atoms with Gasteiger partial charge in [-0.15, -0.1) is 0 Å². The van der Waals surface area contributed by atoms with Crippen molar-refractivity contribution in [1.82, 2.24) is 15.0 Å². The molecule has 0 atom stereocenters. The molecule has 9 rings (SSSR count). The molecule has 0 aliphatic carbocycles. The van der Waals surface area contributed by atoms with Crippen LogP contribution in [0.5, 0.6) is 0 Å². The van der Waals surface area contributed by atoms with Gasteiger partial charge in [0.05, 0.1) is 0 Å². The number of hydrogen-bond acceptors (Lipinski definition) is 3. The maximum absolute atomic E-state index is 5.14. The summed E-state index contributed by atoms with van der Waals surface area (Å²) in [5.74, 6) is 2.06. The Morgan fingerprint density at radius 3 is 1.51 bits per heavy atom. The molecular formula is C43H27N3Se. The van der Waals surface area contributed by atoms with Gasteiger partial charge in [0.2, 0.25) is 0 Å². The van der Waals surface area contributed by atoms with E-state index in [1.54, 1.807) is 0 Å². The van der Waals surface area contributed by atoms with Crippen LogP contribution in [0.15, 0.2) is 164 Å². The van der Waals surface area contributed by atoms with Crippen LogP contribution in [0.25, 0.3) is 86.5 Å². The molecule has 2 aromatic heterocycles. The Balaban J connectivity index is 1.21. The van der Waals surface area contributed by atoms with Crippen molar-refractivity contribution >= 4 is 44.6 Å². The van der Waals surface area contributed by atoms with Crippen molar-refractivity contribution in [3.63, 3.8) is 0 Å². The van der Waals surface area contributed by atoms with E-state index in [0.717, 1.165) is 22.3 Å². The minimum absolute atomic E-state index is 0.0700. The van der Waals surface area contributed by atoms with E-state index in [9.17, 15) is 0 Å². The zero-order valence-electron chi connectivity index (χ0n) is 25.3. The number of hydrogen-bond donors (Lipinski definition) is 0. The summed E-state index contributed by atoms with van der Waals surface area (Å²) in [6.07, 6.45) is 0. The van der Waals surface area contributed by atoms with Gasteiger partial charge in [0, 0.05) is 0 Å². The van der Waals surface area contributed by atoms with E-state index in [-0.39, 0.29) is 14.5 Å². The first kappa shape index (κ1) is 27.6. The summed E-state index contributed by atoms with van der Waals surface area (Å²) in [5, 5.41) is 5.10. The Morgan fingerprint density at radius 2 is 0.809 bits per heavy atom. The zero-order valence-corrected chi connectivity index (χ0v) is 27.1. The van der Waals surface area contributed by atoms with Crippen LogP contribution in [0.2, 0.25) is 0 Å². The molecule has 7 aromatic carbocycles. The first-order chi connectivity index (χ1) is 23.3. The SMILES string of the molecule is c1ccc(-c2ccc(-c3nc(-c4ccccc4)nc(-c4cccc5c4[se]c4c(-c6ccc7ccccc7c6)cccc45)n3)cc2)cc1. The third-order valence-electron chi connectivity index (χ3n) is 8.74. The number of rotatable bonds is 5. The summed E-state index contributed by atoms with van der Waals surface area (Å²) >= 11 is 0.0700. The van der Waals surface area contributed by atoms with Crippen LogP contribution in [0.4, 0.5) is 0 Å². The number of benzene rings is 7. The van der Waals surface area contributed by atoms with Crippen LogP contribution in [0, 0.1) is 0 Å². The second-order valence-corrected chi connectivity index (χ2v) is 13.8. The minimum atomic E-state index is 0.0700. The molecule has 0 N–H and O–H groups in total. The predicted octanol–water partition coefficient (Wildman–Crippen LogP) is 10.7. The topological polar surface area (TPSA) is 38.7 Å². The van der Waals surface area contributed by atoms with Gasteiger partial charge in [-0.25, -0.2) is 0 Å². The average molecular weight is 665 g/mol. The van der Waals surface area contributed by atoms with Gasteiger partial charge in [0.15, 0.2) is 0 Å². The predicted molar refractivity (Wildman–Crippen MR) is 196 cm³/mol. The van der Waals surface area contributed by atoms with Crippen molar-refractivity contribution in [3.8, 4) is 56.4 Å². The summed E-state index contributed by atoms with van der Waals surface area (Å²) in [4.78, 5) is 15.2. The Hall–Kier alpha value is -5.67. The molecule has 0 bridgehead atoms. The fourth-order valence-electron chi connectivity index (χ4n) is 6.36. The molecule has 0 unspecified atom stereocenters. The van der Waals surface area contributed by atoms with Crippen LogP contribution in [-0.2, 0) is 0 Å². The molecule has 47 heavy (non-hydrogen) atoms. The van der Waals surface area contributed by atoms with E-state index < -0.39 is 0 Å². The van der Waals surface area contributed by atoms with Gasteiger partial charge in [0.25, 0.3) is 0 Å². The molecular weight excluding hydrogens is 637 g/mol. The molecule has 0 spiro atoms. The number of aromatic nitrogens is 3. The summed E-state index contributed by atoms with van der Waals surface area (Å²) in [7, 11) is 0. The number of fused-ring (bicyclic) bond motifs is 4. The van der Waals surface area contributed by atoms with Gasteiger partial charge < -0.3 is 0 Å². The van der Waals surface area contributed by atoms with E-state index in [4.69, 9.17) is 15.0 Å². The Labute approximate surface area is 278 Å². The average Bonchev–Trinajstić information content (AvgIpc) is 3.54. The molecule has 0 aliphatic rings. The molecule has 0 saturated heterocycles. The number of nitrogens with zero attached hydrogens (tertiary/aromatic N) is 3. The van der Waals surface area contributed by atoms with Crippen molar-refractivity contribution in [2.75, 3.05) is 0 Å². The van der Waals surface area contributed by atoms with Gasteiger partial charge in [-0.1, -0.05) is 6.07 Å². The summed E-state index contributed by atoms with van der Waals surface area (Å²) in [6, 6.07) is 57.8. The van der Waals surface area contributed by atoms with Gasteiger partial charge in [-0.05, 0) is 0 Å². The van der Waals surface area contributed by atoms with Crippen LogP contribution in [0.1, 0.15) is 0 Å². The first-order valence-electron chi connectivity index (χ1n) is 15.7. The third-order valence-corrected chi connectivity index (χ3v) is 11.4. The van der Waals surface area contributed by atoms with E-state index in [1.165, 1.54) is 46.8 Å². The normalized spacial score (nSPS) is 11.4. The monoisotopic (exact) mass is 665 g/mol. The fourth-order valence-corrected chi connectivity index (χ4v) is 9.19. The third kappa shape index (κ3) is 5.05. The maximum atomic E-state index is 5.14. The fraction of sp³-hybridized carbons (Fsp3) is 0. The van der Waals surface area contributed by atoms with Crippen molar-refractivity contribution in [1.29, 1.82) is 0 Å². The molecule has 220 valence electrons. The summed E-state index contributed by atoms with van der Waals surface area (Å²) in [5.41, 5.74) is 7.91. The van der Waals surface area contributed by atoms with E-state index in [1.807, 2.05) is 24.3 Å². The van der Waals surface area contributed by atoms with E-state index in [0.29, 0.717) is 17.5 Å². The molecule has 0 radical (unpaired) electrons. The first-order valence-corrected chi connectivity index (χ1v) is 17.4. The molecule has 4 heteroatoms. The molecule has 3 nitrogen and oxygen atoms in total. The van der Waals surface area contributed by atoms with Crippen LogP contribution >= 0.6 is 0 Å². The quantitative estimate of drug-likeness (QED) is 0.172. The molecule has 2 heterocycles. The Morgan fingerprint density at radius 1 is 0.319 bits per heavy atom. The Bertz CT molecular complexity index is 2550. The van der Waals surface area contributed by atoms with E-state index in [2.05, 4.69) is 140 Å². The molecule has 9 aromatic rings. The van der Waals surface area contributed by atoms with E-state index >= 15 is 0 Å². The molecule has 0 amide bonds. The molecule has 0 aliphatic heterocycles. The standard InChI is InChI=1S/C43H27N3Se/c1-3-11-28(12-4-1)30-21-24-32(25-22-30)42-44-41(31-14-5-2-6-15-31)45-43(46-42)38-20-10-19-37-36-18-9-17-35(39(36)47-40(37)38)34-26-23-29-13-7-8-16-33(29)27-34/h1-27H. The molecule has 0 saturated carbocycles. The van der Waals surface area contributed by atoms with Gasteiger partial charge in [-0.3, -0.25) is 0 Å². The van der Waals surface area contributed by atoms with Crippen molar-refractivity contribution in [2.45, 2.75) is 0 Å².